The molecule has 2 aromatic carbocycles. The van der Waals surface area contributed by atoms with Gasteiger partial charge in [0.1, 0.15) is 11.9 Å². The lowest BCUT2D eigenvalue weighted by atomic mass is 10.1. The Hall–Kier alpha value is -2.94. The van der Waals surface area contributed by atoms with Crippen LogP contribution < -0.4 is 9.62 Å². The SMILES string of the molecule is CCC(C)NC(=O)C(CC)N(CCc1ccccc1)C(=O)CCCN(c1ccc(F)cc1)S(C)(=O)=O. The van der Waals surface area contributed by atoms with Gasteiger partial charge in [0.2, 0.25) is 21.8 Å². The molecule has 9 heteroatoms. The molecular formula is C27H38FN3O4S. The first-order chi connectivity index (χ1) is 17.1. The second kappa shape index (κ2) is 14.0. The highest BCUT2D eigenvalue weighted by Gasteiger charge is 2.29. The van der Waals surface area contributed by atoms with E-state index in [1.165, 1.54) is 28.6 Å². The van der Waals surface area contributed by atoms with Gasteiger partial charge in [-0.1, -0.05) is 44.2 Å². The molecule has 2 amide bonds. The molecule has 0 aliphatic carbocycles. The third-order valence-electron chi connectivity index (χ3n) is 6.14. The Labute approximate surface area is 214 Å². The highest BCUT2D eigenvalue weighted by atomic mass is 32.2. The Balaban J connectivity index is 2.15. The molecule has 2 unspecified atom stereocenters. The number of hydrogen-bond acceptors (Lipinski definition) is 4. The van der Waals surface area contributed by atoms with Crippen LogP contribution >= 0.6 is 0 Å². The Morgan fingerprint density at radius 3 is 2.17 bits per heavy atom. The molecule has 7 nitrogen and oxygen atoms in total. The van der Waals surface area contributed by atoms with Crippen molar-refractivity contribution in [3.63, 3.8) is 0 Å². The molecular weight excluding hydrogens is 481 g/mol. The van der Waals surface area contributed by atoms with Gasteiger partial charge in [0.15, 0.2) is 0 Å². The van der Waals surface area contributed by atoms with Crippen molar-refractivity contribution < 1.29 is 22.4 Å². The first kappa shape index (κ1) is 29.3. The molecule has 0 bridgehead atoms. The molecule has 0 aromatic heterocycles. The Morgan fingerprint density at radius 1 is 0.972 bits per heavy atom. The van der Waals surface area contributed by atoms with Crippen LogP contribution in [0, 0.1) is 5.82 Å². The molecule has 0 aliphatic heterocycles. The van der Waals surface area contributed by atoms with Crippen molar-refractivity contribution in [2.24, 2.45) is 0 Å². The zero-order chi connectivity index (χ0) is 26.7. The van der Waals surface area contributed by atoms with E-state index in [9.17, 15) is 22.4 Å². The maximum atomic E-state index is 13.4. The van der Waals surface area contributed by atoms with Crippen LogP contribution in [0.5, 0.6) is 0 Å². The summed E-state index contributed by atoms with van der Waals surface area (Å²) in [6.45, 7) is 6.24. The topological polar surface area (TPSA) is 86.8 Å². The highest BCUT2D eigenvalue weighted by molar-refractivity contribution is 7.92. The van der Waals surface area contributed by atoms with Crippen LogP contribution in [-0.4, -0.2) is 56.6 Å². The Kier molecular flexibility index (Phi) is 11.4. The van der Waals surface area contributed by atoms with Gasteiger partial charge in [0.05, 0.1) is 11.9 Å². The molecule has 0 fully saturated rings. The van der Waals surface area contributed by atoms with E-state index in [2.05, 4.69) is 5.32 Å². The lowest BCUT2D eigenvalue weighted by molar-refractivity contribution is -0.141. The normalized spacial score (nSPS) is 13.0. The number of carbonyl (C=O) groups is 2. The fourth-order valence-electron chi connectivity index (χ4n) is 3.95. The van der Waals surface area contributed by atoms with Gasteiger partial charge in [-0.25, -0.2) is 12.8 Å². The van der Waals surface area contributed by atoms with Crippen molar-refractivity contribution in [1.29, 1.82) is 0 Å². The first-order valence-corrected chi connectivity index (χ1v) is 14.3. The Bertz CT molecular complexity index is 1080. The largest absolute Gasteiger partial charge is 0.352 e. The van der Waals surface area contributed by atoms with E-state index in [4.69, 9.17) is 0 Å². The number of benzene rings is 2. The molecule has 0 spiro atoms. The monoisotopic (exact) mass is 519 g/mol. The van der Waals surface area contributed by atoms with E-state index in [0.717, 1.165) is 18.2 Å². The van der Waals surface area contributed by atoms with E-state index in [1.807, 2.05) is 51.1 Å². The summed E-state index contributed by atoms with van der Waals surface area (Å²) < 4.78 is 39.2. The summed E-state index contributed by atoms with van der Waals surface area (Å²) in [5.41, 5.74) is 1.40. The summed E-state index contributed by atoms with van der Waals surface area (Å²) in [5.74, 6) is -0.848. The van der Waals surface area contributed by atoms with Crippen LogP contribution in [0.1, 0.15) is 52.0 Å². The van der Waals surface area contributed by atoms with Gasteiger partial charge in [0.25, 0.3) is 0 Å². The molecule has 0 aliphatic rings. The average molecular weight is 520 g/mol. The second-order valence-corrected chi connectivity index (χ2v) is 10.9. The molecule has 36 heavy (non-hydrogen) atoms. The van der Waals surface area contributed by atoms with Gasteiger partial charge >= 0.3 is 0 Å². The summed E-state index contributed by atoms with van der Waals surface area (Å²) in [5, 5.41) is 2.98. The quantitative estimate of drug-likeness (QED) is 0.407. The van der Waals surface area contributed by atoms with E-state index in [0.29, 0.717) is 25.1 Å². The van der Waals surface area contributed by atoms with Crippen LogP contribution in [0.25, 0.3) is 0 Å². The molecule has 1 N–H and O–H groups in total. The summed E-state index contributed by atoms with van der Waals surface area (Å²) in [6.07, 6.45) is 3.27. The third kappa shape index (κ3) is 8.93. The molecule has 0 saturated carbocycles. The van der Waals surface area contributed by atoms with Gasteiger partial charge in [-0.2, -0.15) is 0 Å². The van der Waals surface area contributed by atoms with E-state index >= 15 is 0 Å². The predicted octanol–water partition coefficient (Wildman–Crippen LogP) is 4.14. The minimum absolute atomic E-state index is 0.00310. The average Bonchev–Trinajstić information content (AvgIpc) is 2.84. The first-order valence-electron chi connectivity index (χ1n) is 12.4. The van der Waals surface area contributed by atoms with E-state index in [1.54, 1.807) is 4.90 Å². The molecule has 0 heterocycles. The smallest absolute Gasteiger partial charge is 0.243 e. The number of nitrogens with zero attached hydrogens (tertiary/aromatic N) is 2. The minimum atomic E-state index is -3.62. The van der Waals surface area contributed by atoms with Gasteiger partial charge in [0, 0.05) is 25.6 Å². The molecule has 0 saturated heterocycles. The summed E-state index contributed by atoms with van der Waals surface area (Å²) in [4.78, 5) is 28.0. The van der Waals surface area contributed by atoms with Crippen LogP contribution in [0.3, 0.4) is 0 Å². The molecule has 198 valence electrons. The van der Waals surface area contributed by atoms with Crippen LogP contribution in [0.4, 0.5) is 10.1 Å². The maximum Gasteiger partial charge on any atom is 0.243 e. The fraction of sp³-hybridized carbons (Fsp3) is 0.481. The Morgan fingerprint density at radius 2 is 1.61 bits per heavy atom. The molecule has 2 aromatic rings. The number of rotatable bonds is 14. The number of halogens is 1. The lowest BCUT2D eigenvalue weighted by Crippen LogP contribution is -2.51. The van der Waals surface area contributed by atoms with Crippen molar-refractivity contribution in [2.45, 2.75) is 65.0 Å². The number of nitrogens with one attached hydrogen (secondary N) is 1. The van der Waals surface area contributed by atoms with Crippen LogP contribution in [-0.2, 0) is 26.0 Å². The summed E-state index contributed by atoms with van der Waals surface area (Å²) in [7, 11) is -3.62. The van der Waals surface area contributed by atoms with Gasteiger partial charge in [-0.05, 0) is 62.4 Å². The molecule has 2 atom stereocenters. The van der Waals surface area contributed by atoms with Crippen LogP contribution in [0.15, 0.2) is 54.6 Å². The maximum absolute atomic E-state index is 13.4. The van der Waals surface area contributed by atoms with Crippen LogP contribution in [0.2, 0.25) is 0 Å². The minimum Gasteiger partial charge on any atom is -0.352 e. The fourth-order valence-corrected chi connectivity index (χ4v) is 4.91. The number of anilines is 1. The summed E-state index contributed by atoms with van der Waals surface area (Å²) >= 11 is 0. The van der Waals surface area contributed by atoms with Crippen molar-refractivity contribution in [2.75, 3.05) is 23.7 Å². The second-order valence-electron chi connectivity index (χ2n) is 8.98. The highest BCUT2D eigenvalue weighted by Crippen LogP contribution is 2.19. The molecule has 2 rings (SSSR count). The number of hydrogen-bond donors (Lipinski definition) is 1. The predicted molar refractivity (Wildman–Crippen MR) is 142 cm³/mol. The van der Waals surface area contributed by atoms with Crippen molar-refractivity contribution in [3.05, 3.63) is 66.0 Å². The number of sulfonamides is 1. The number of carbonyl (C=O) groups excluding carboxylic acids is 2. The van der Waals surface area contributed by atoms with Gasteiger partial charge in [-0.3, -0.25) is 13.9 Å². The summed E-state index contributed by atoms with van der Waals surface area (Å²) in [6, 6.07) is 14.3. The van der Waals surface area contributed by atoms with Crippen molar-refractivity contribution >= 4 is 27.5 Å². The van der Waals surface area contributed by atoms with Crippen molar-refractivity contribution in [1.82, 2.24) is 10.2 Å². The van der Waals surface area contributed by atoms with Gasteiger partial charge < -0.3 is 10.2 Å². The van der Waals surface area contributed by atoms with E-state index in [-0.39, 0.29) is 37.2 Å². The van der Waals surface area contributed by atoms with Crippen molar-refractivity contribution in [3.8, 4) is 0 Å². The van der Waals surface area contributed by atoms with E-state index < -0.39 is 21.9 Å². The lowest BCUT2D eigenvalue weighted by Gasteiger charge is -2.32. The standard InChI is InChI=1S/C27H38FN3O4S/c1-5-21(3)29-27(33)25(6-2)30(20-18-22-11-8-7-9-12-22)26(32)13-10-19-31(36(4,34)35)24-16-14-23(28)15-17-24/h7-9,11-12,14-17,21,25H,5-6,10,13,18-20H2,1-4H3,(H,29,33). The third-order valence-corrected chi connectivity index (χ3v) is 7.33. The molecule has 0 radical (unpaired) electrons. The number of amides is 2. The zero-order valence-electron chi connectivity index (χ0n) is 21.6. The van der Waals surface area contributed by atoms with Gasteiger partial charge in [-0.15, -0.1) is 0 Å². The zero-order valence-corrected chi connectivity index (χ0v) is 22.4.